The Morgan fingerprint density at radius 1 is 1.86 bits per heavy atom. The van der Waals surface area contributed by atoms with Crippen molar-refractivity contribution in [3.05, 3.63) is 24.4 Å². The van der Waals surface area contributed by atoms with E-state index in [1.54, 1.807) is 6.07 Å². The van der Waals surface area contributed by atoms with Gasteiger partial charge in [-0.3, -0.25) is 0 Å². The first-order valence-electron chi connectivity index (χ1n) is 1.79. The van der Waals surface area contributed by atoms with Gasteiger partial charge in [-0.25, -0.2) is 0 Å². The second-order valence-corrected chi connectivity index (χ2v) is 0.970. The molecule has 0 rings (SSSR count). The molecule has 2 nitrogen and oxygen atoms in total. The Labute approximate surface area is 42.6 Å². The molecule has 36 valence electrons. The highest BCUT2D eigenvalue weighted by molar-refractivity contribution is 5.20. The minimum Gasteiger partial charge on any atom is -0.390 e. The number of allylic oxidation sites excluding steroid dienone is 3. The molecule has 2 N–H and O–H groups in total. The van der Waals surface area contributed by atoms with Crippen LogP contribution < -0.4 is 5.73 Å². The van der Waals surface area contributed by atoms with Crippen LogP contribution in [0.1, 0.15) is 0 Å². The van der Waals surface area contributed by atoms with Gasteiger partial charge in [-0.1, -0.05) is 12.7 Å². The summed E-state index contributed by atoms with van der Waals surface area (Å²) in [6.45, 7) is 3.34. The molecule has 0 aliphatic heterocycles. The lowest BCUT2D eigenvalue weighted by molar-refractivity contribution is 1.39. The molecule has 0 unspecified atom stereocenters. The van der Waals surface area contributed by atoms with Crippen LogP contribution in [0, 0.1) is 11.3 Å². The van der Waals surface area contributed by atoms with Gasteiger partial charge in [-0.05, 0) is 6.08 Å². The minimum absolute atomic E-state index is 0.190. The number of hydrogen-bond acceptors (Lipinski definition) is 2. The van der Waals surface area contributed by atoms with Crippen molar-refractivity contribution < 1.29 is 0 Å². The molecule has 0 aliphatic rings. The molecular weight excluding hydrogens is 88.1 g/mol. The van der Waals surface area contributed by atoms with E-state index in [9.17, 15) is 0 Å². The van der Waals surface area contributed by atoms with Crippen molar-refractivity contribution in [2.75, 3.05) is 0 Å². The molecule has 0 aromatic rings. The summed E-state index contributed by atoms with van der Waals surface area (Å²) in [7, 11) is 0. The highest BCUT2D eigenvalue weighted by Crippen LogP contribution is 1.76. The monoisotopic (exact) mass is 94.1 g/mol. The number of nitrogens with zero attached hydrogens (tertiary/aromatic N) is 1. The molecule has 2 heteroatoms. The Bertz CT molecular complexity index is 128. The second kappa shape index (κ2) is 2.98. The average Bonchev–Trinajstić information content (AvgIpc) is 1.68. The van der Waals surface area contributed by atoms with Crippen LogP contribution in [0.15, 0.2) is 24.4 Å². The first kappa shape index (κ1) is 5.77. The fourth-order valence-corrected chi connectivity index (χ4v) is 0.164. The highest BCUT2D eigenvalue weighted by Gasteiger charge is 1.73. The Morgan fingerprint density at radius 2 is 2.43 bits per heavy atom. The first-order chi connectivity index (χ1) is 3.31. The molecule has 7 heavy (non-hydrogen) atoms. The standard InChI is InChI=1S/C5H6N2/c1-2-3-5(7)4-6/h2-3H,1,7H2/b5-3+. The molecule has 0 atom stereocenters. The molecule has 0 saturated carbocycles. The number of nitrogens with two attached hydrogens (primary N) is 1. The van der Waals surface area contributed by atoms with Gasteiger partial charge in [0.15, 0.2) is 0 Å². The molecule has 0 aliphatic carbocycles. The molecule has 0 aromatic heterocycles. The van der Waals surface area contributed by atoms with Crippen molar-refractivity contribution in [3.63, 3.8) is 0 Å². The van der Waals surface area contributed by atoms with Crippen molar-refractivity contribution >= 4 is 0 Å². The van der Waals surface area contributed by atoms with Gasteiger partial charge in [0.1, 0.15) is 11.8 Å². The van der Waals surface area contributed by atoms with Crippen LogP contribution in [0.25, 0.3) is 0 Å². The normalized spacial score (nSPS) is 9.86. The van der Waals surface area contributed by atoms with E-state index in [4.69, 9.17) is 11.0 Å². The predicted octanol–water partition coefficient (Wildman–Crippen LogP) is 0.539. The number of rotatable bonds is 1. The Balaban J connectivity index is 3.80. The average molecular weight is 94.1 g/mol. The predicted molar refractivity (Wildman–Crippen MR) is 28.1 cm³/mol. The lowest BCUT2D eigenvalue weighted by Crippen LogP contribution is -1.90. The van der Waals surface area contributed by atoms with E-state index < -0.39 is 0 Å². The zero-order valence-electron chi connectivity index (χ0n) is 3.89. The van der Waals surface area contributed by atoms with E-state index in [0.717, 1.165) is 0 Å². The molecule has 0 saturated heterocycles. The zero-order chi connectivity index (χ0) is 5.70. The highest BCUT2D eigenvalue weighted by atomic mass is 14.6. The molecule has 0 radical (unpaired) electrons. The molecule has 0 heterocycles. The molecule has 0 fully saturated rings. The third-order valence-corrected chi connectivity index (χ3v) is 0.427. The molecule has 0 aromatic carbocycles. The van der Waals surface area contributed by atoms with Gasteiger partial charge in [-0.15, -0.1) is 0 Å². The van der Waals surface area contributed by atoms with Crippen LogP contribution >= 0.6 is 0 Å². The van der Waals surface area contributed by atoms with Crippen molar-refractivity contribution in [2.24, 2.45) is 5.73 Å². The summed E-state index contributed by atoms with van der Waals surface area (Å²) in [6, 6.07) is 1.73. The van der Waals surface area contributed by atoms with Gasteiger partial charge in [0.05, 0.1) is 0 Å². The van der Waals surface area contributed by atoms with Crippen LogP contribution in [-0.2, 0) is 0 Å². The first-order valence-corrected chi connectivity index (χ1v) is 1.79. The molecular formula is C5H6N2. The SMILES string of the molecule is C=C/C=C(/N)C#N. The topological polar surface area (TPSA) is 49.8 Å². The van der Waals surface area contributed by atoms with Gasteiger partial charge < -0.3 is 5.73 Å². The summed E-state index contributed by atoms with van der Waals surface area (Å²) in [5.74, 6) is 0. The van der Waals surface area contributed by atoms with E-state index >= 15 is 0 Å². The van der Waals surface area contributed by atoms with Crippen LogP contribution in [0.5, 0.6) is 0 Å². The van der Waals surface area contributed by atoms with Crippen LogP contribution in [0.3, 0.4) is 0 Å². The maximum Gasteiger partial charge on any atom is 0.117 e. The zero-order valence-corrected chi connectivity index (χ0v) is 3.89. The third kappa shape index (κ3) is 2.58. The number of nitriles is 1. The lowest BCUT2D eigenvalue weighted by Gasteiger charge is -1.74. The van der Waals surface area contributed by atoms with Crippen LogP contribution in [0.2, 0.25) is 0 Å². The van der Waals surface area contributed by atoms with Crippen molar-refractivity contribution in [3.8, 4) is 6.07 Å². The van der Waals surface area contributed by atoms with Crippen molar-refractivity contribution in [2.45, 2.75) is 0 Å². The maximum absolute atomic E-state index is 7.97. The summed E-state index contributed by atoms with van der Waals surface area (Å²) in [4.78, 5) is 0. The van der Waals surface area contributed by atoms with Gasteiger partial charge >= 0.3 is 0 Å². The van der Waals surface area contributed by atoms with Crippen LogP contribution in [0.4, 0.5) is 0 Å². The largest absolute Gasteiger partial charge is 0.390 e. The van der Waals surface area contributed by atoms with Gasteiger partial charge in [0.2, 0.25) is 0 Å². The van der Waals surface area contributed by atoms with Crippen LogP contribution in [-0.4, -0.2) is 0 Å². The van der Waals surface area contributed by atoms with E-state index in [1.807, 2.05) is 0 Å². The molecule has 0 spiro atoms. The summed E-state index contributed by atoms with van der Waals surface area (Å²) < 4.78 is 0. The molecule has 0 amide bonds. The lowest BCUT2D eigenvalue weighted by atomic mass is 10.4. The van der Waals surface area contributed by atoms with Crippen molar-refractivity contribution in [1.82, 2.24) is 0 Å². The number of hydrogen-bond donors (Lipinski definition) is 1. The van der Waals surface area contributed by atoms with E-state index in [1.165, 1.54) is 12.2 Å². The third-order valence-electron chi connectivity index (χ3n) is 0.427. The minimum atomic E-state index is 0.190. The smallest absolute Gasteiger partial charge is 0.117 e. The Morgan fingerprint density at radius 3 is 2.57 bits per heavy atom. The summed E-state index contributed by atoms with van der Waals surface area (Å²) in [6.07, 6.45) is 2.92. The summed E-state index contributed by atoms with van der Waals surface area (Å²) in [5, 5.41) is 7.97. The van der Waals surface area contributed by atoms with E-state index in [-0.39, 0.29) is 5.70 Å². The van der Waals surface area contributed by atoms with Gasteiger partial charge in [-0.2, -0.15) is 5.26 Å². The fraction of sp³-hybridized carbons (Fsp3) is 0. The fourth-order valence-electron chi connectivity index (χ4n) is 0.164. The molecule has 0 bridgehead atoms. The van der Waals surface area contributed by atoms with Gasteiger partial charge in [0, 0.05) is 0 Å². The van der Waals surface area contributed by atoms with Gasteiger partial charge in [0.25, 0.3) is 0 Å². The quantitative estimate of drug-likeness (QED) is 0.381. The Kier molecular flexibility index (Phi) is 2.46. The van der Waals surface area contributed by atoms with E-state index in [2.05, 4.69) is 6.58 Å². The second-order valence-electron chi connectivity index (χ2n) is 0.970. The maximum atomic E-state index is 7.97. The summed E-state index contributed by atoms with van der Waals surface area (Å²) in [5.41, 5.74) is 5.20. The Hall–Kier alpha value is -1.23. The summed E-state index contributed by atoms with van der Waals surface area (Å²) >= 11 is 0. The van der Waals surface area contributed by atoms with Crippen molar-refractivity contribution in [1.29, 1.82) is 5.26 Å². The van der Waals surface area contributed by atoms with E-state index in [0.29, 0.717) is 0 Å².